The van der Waals surface area contributed by atoms with E-state index < -0.39 is 138 Å². The molecule has 5 rings (SSSR count). The monoisotopic (exact) mass is 1010 g/mol. The molecule has 0 spiro atoms. The van der Waals surface area contributed by atoms with Crippen molar-refractivity contribution in [2.45, 2.75) is 133 Å². The van der Waals surface area contributed by atoms with Gasteiger partial charge >= 0.3 is 0 Å². The predicted octanol–water partition coefficient (Wildman–Crippen LogP) is -3.19. The molecule has 1 aromatic rings. The Morgan fingerprint density at radius 3 is 1.83 bits per heavy atom. The largest absolute Gasteiger partial charge is 0.370 e. The van der Waals surface area contributed by atoms with Gasteiger partial charge in [-0.05, 0) is 69.9 Å². The quantitative estimate of drug-likeness (QED) is 0.0862. The van der Waals surface area contributed by atoms with Crippen LogP contribution in [0.1, 0.15) is 77.7 Å². The van der Waals surface area contributed by atoms with Crippen molar-refractivity contribution in [2.75, 3.05) is 37.7 Å². The Hall–Kier alpha value is -5.95. The molecule has 2 bridgehead atoms. The topological polar surface area (TPSA) is 343 Å². The summed E-state index contributed by atoms with van der Waals surface area (Å²) in [5, 5.41) is 21.1. The number of nitrogens with zero attached hydrogens (tertiary/aromatic N) is 2. The molecule has 9 atom stereocenters. The van der Waals surface area contributed by atoms with E-state index in [0.717, 1.165) is 21.6 Å². The van der Waals surface area contributed by atoms with Gasteiger partial charge in [-0.2, -0.15) is 0 Å². The van der Waals surface area contributed by atoms with Gasteiger partial charge in [0, 0.05) is 31.0 Å². The molecule has 0 unspecified atom stereocenters. The summed E-state index contributed by atoms with van der Waals surface area (Å²) in [7, 11) is 2.01. The smallest absolute Gasteiger partial charge is 0.246 e. The molecule has 4 heterocycles. The van der Waals surface area contributed by atoms with Crippen LogP contribution in [0.2, 0.25) is 0 Å². The molecule has 4 aliphatic heterocycles. The number of amides is 11. The number of fused-ring (bicyclic) bond motifs is 7. The molecule has 0 aliphatic carbocycles. The highest BCUT2D eigenvalue weighted by atomic mass is 33.1. The highest BCUT2D eigenvalue weighted by molar-refractivity contribution is 8.76. The number of nitrogens with two attached hydrogens (primary N) is 2. The number of carbonyl (C=O) groups is 11. The molecule has 12 N–H and O–H groups in total. The van der Waals surface area contributed by atoms with E-state index in [0.29, 0.717) is 37.8 Å². The molecule has 4 aliphatic rings. The molecule has 0 radical (unpaired) electrons. The van der Waals surface area contributed by atoms with Crippen molar-refractivity contribution in [3.05, 3.63) is 35.9 Å². The standard InChI is InChI=1S/C45H66N12O11S2/c1-24(2)36-43(66)52-29(19-26-11-5-4-6-12-26)45(68)57-18-10-15-33(57)42(65)49-25(3)37(60)53-30-22-69-70-23-31(40(63)55-36)54-38(61)28(20-34(47)58)50-35(59)21-48-41(64)32-14-9-17-56(32)44(67)27(51-39(30)62)13-7-8-16-46/h4-6,11-12,24-25,27-33,36H,7-10,13-23,46H2,1-3H3,(H2,47,58)(H,48,64)(H,49,65)(H,50,59)(H,51,62)(H,52,66)(H,53,60)(H,54,61)(H,55,63)/t25-,27-,28-,29-,30-,31-,32-,33-,36-/m0/s1. The number of nitrogens with one attached hydrogen (secondary N) is 8. The third-order valence-electron chi connectivity index (χ3n) is 12.4. The van der Waals surface area contributed by atoms with Crippen LogP contribution >= 0.6 is 21.6 Å². The van der Waals surface area contributed by atoms with Crippen LogP contribution in [0.4, 0.5) is 0 Å². The number of unbranched alkanes of at least 4 members (excludes halogenated alkanes) is 1. The first-order valence-corrected chi connectivity index (χ1v) is 26.1. The molecular weight excluding hydrogens is 949 g/mol. The molecule has 70 heavy (non-hydrogen) atoms. The highest BCUT2D eigenvalue weighted by Gasteiger charge is 2.42. The average Bonchev–Trinajstić information content (AvgIpc) is 4.03. The molecule has 11 amide bonds. The van der Waals surface area contributed by atoms with Crippen LogP contribution in [-0.4, -0.2) is 167 Å². The molecule has 0 saturated carbocycles. The van der Waals surface area contributed by atoms with Gasteiger partial charge in [-0.15, -0.1) is 0 Å². The van der Waals surface area contributed by atoms with Gasteiger partial charge in [0.05, 0.1) is 13.0 Å². The first kappa shape index (κ1) is 55.0. The normalized spacial score (nSPS) is 28.7. The maximum absolute atomic E-state index is 14.5. The van der Waals surface area contributed by atoms with E-state index in [1.54, 1.807) is 44.2 Å². The molecule has 25 heteroatoms. The number of benzene rings is 1. The van der Waals surface area contributed by atoms with E-state index in [-0.39, 0.29) is 50.3 Å². The first-order chi connectivity index (χ1) is 33.4. The van der Waals surface area contributed by atoms with Gasteiger partial charge in [0.15, 0.2) is 0 Å². The van der Waals surface area contributed by atoms with Crippen molar-refractivity contribution in [2.24, 2.45) is 17.4 Å². The minimum absolute atomic E-state index is 0.0125. The zero-order valence-corrected chi connectivity index (χ0v) is 41.3. The molecule has 1 aromatic carbocycles. The fourth-order valence-corrected chi connectivity index (χ4v) is 10.9. The van der Waals surface area contributed by atoms with Gasteiger partial charge in [-0.25, -0.2) is 0 Å². The lowest BCUT2D eigenvalue weighted by Crippen LogP contribution is -2.62. The van der Waals surface area contributed by atoms with Crippen molar-refractivity contribution in [1.29, 1.82) is 0 Å². The Morgan fingerprint density at radius 2 is 1.23 bits per heavy atom. The summed E-state index contributed by atoms with van der Waals surface area (Å²) in [6, 6.07) is -2.61. The Kier molecular flexibility index (Phi) is 20.7. The van der Waals surface area contributed by atoms with Crippen molar-refractivity contribution in [1.82, 2.24) is 52.3 Å². The number of primary amides is 1. The molecular formula is C45H66N12O11S2. The summed E-state index contributed by atoms with van der Waals surface area (Å²) in [4.78, 5) is 155. The molecule has 4 saturated heterocycles. The second-order valence-corrected chi connectivity index (χ2v) is 20.7. The van der Waals surface area contributed by atoms with E-state index in [4.69, 9.17) is 11.5 Å². The van der Waals surface area contributed by atoms with E-state index in [9.17, 15) is 52.7 Å². The molecule has 4 fully saturated rings. The molecule has 0 aromatic heterocycles. The van der Waals surface area contributed by atoms with Gasteiger partial charge in [0.1, 0.15) is 54.4 Å². The van der Waals surface area contributed by atoms with Crippen molar-refractivity contribution in [3.8, 4) is 0 Å². The lowest BCUT2D eigenvalue weighted by Gasteiger charge is -2.32. The Labute approximate surface area is 414 Å². The lowest BCUT2D eigenvalue weighted by atomic mass is 10.00. The van der Waals surface area contributed by atoms with E-state index in [1.807, 2.05) is 0 Å². The van der Waals surface area contributed by atoms with Crippen LogP contribution in [0.25, 0.3) is 0 Å². The third kappa shape index (κ3) is 15.3. The third-order valence-corrected chi connectivity index (χ3v) is 14.9. The Bertz CT molecular complexity index is 2120. The van der Waals surface area contributed by atoms with Crippen molar-refractivity contribution < 1.29 is 52.7 Å². The van der Waals surface area contributed by atoms with Gasteiger partial charge < -0.3 is 63.8 Å². The van der Waals surface area contributed by atoms with E-state index >= 15 is 0 Å². The summed E-state index contributed by atoms with van der Waals surface area (Å²) >= 11 is 0. The van der Waals surface area contributed by atoms with Crippen LogP contribution in [0.15, 0.2) is 30.3 Å². The zero-order chi connectivity index (χ0) is 51.1. The summed E-state index contributed by atoms with van der Waals surface area (Å²) in [5.74, 6) is -9.57. The summed E-state index contributed by atoms with van der Waals surface area (Å²) in [5.41, 5.74) is 11.9. The van der Waals surface area contributed by atoms with Crippen LogP contribution < -0.4 is 54.0 Å². The van der Waals surface area contributed by atoms with Gasteiger partial charge in [0.25, 0.3) is 0 Å². The molecule has 23 nitrogen and oxygen atoms in total. The lowest BCUT2D eigenvalue weighted by molar-refractivity contribution is -0.143. The minimum Gasteiger partial charge on any atom is -0.370 e. The second-order valence-electron chi connectivity index (χ2n) is 18.1. The summed E-state index contributed by atoms with van der Waals surface area (Å²) in [6.45, 7) is 4.67. The van der Waals surface area contributed by atoms with Crippen LogP contribution in [0, 0.1) is 5.92 Å². The average molecular weight is 1020 g/mol. The first-order valence-electron chi connectivity index (χ1n) is 23.6. The van der Waals surface area contributed by atoms with Crippen molar-refractivity contribution >= 4 is 86.6 Å². The van der Waals surface area contributed by atoms with Gasteiger partial charge in [-0.3, -0.25) is 52.7 Å². The fourth-order valence-electron chi connectivity index (χ4n) is 8.61. The predicted molar refractivity (Wildman–Crippen MR) is 258 cm³/mol. The maximum atomic E-state index is 14.5. The Morgan fingerprint density at radius 1 is 0.657 bits per heavy atom. The number of rotatable bonds is 9. The minimum atomic E-state index is -1.63. The number of hydrogen-bond donors (Lipinski definition) is 10. The van der Waals surface area contributed by atoms with E-state index in [2.05, 4.69) is 42.5 Å². The van der Waals surface area contributed by atoms with Crippen LogP contribution in [-0.2, 0) is 59.2 Å². The fraction of sp³-hybridized carbons (Fsp3) is 0.622. The maximum Gasteiger partial charge on any atom is 0.246 e. The number of hydrogen-bond acceptors (Lipinski definition) is 14. The summed E-state index contributed by atoms with van der Waals surface area (Å²) in [6.07, 6.45) is 1.69. The van der Waals surface area contributed by atoms with E-state index in [1.165, 1.54) is 16.7 Å². The molecule has 384 valence electrons. The second kappa shape index (κ2) is 26.3. The van der Waals surface area contributed by atoms with Crippen molar-refractivity contribution in [3.63, 3.8) is 0 Å². The Balaban J connectivity index is 1.57. The SMILES string of the molecule is CC(C)[C@@H]1NC(=O)[C@@H]2CSSC[C@H](NC(=O)[C@H](C)NC(=O)[C@@H]3CCCN3C(=O)[C@H](Cc3ccccc3)NC1=O)C(=O)N[C@@H](CCCCN)C(=O)N1CCC[C@H]1C(=O)NCC(=O)N[C@@H](CC(N)=O)C(=O)N2. The van der Waals surface area contributed by atoms with Gasteiger partial charge in [0.2, 0.25) is 65.0 Å². The zero-order valence-electron chi connectivity index (χ0n) is 39.6. The number of carbonyl (C=O) groups excluding carboxylic acids is 11. The summed E-state index contributed by atoms with van der Waals surface area (Å²) < 4.78 is 0. The van der Waals surface area contributed by atoms with Crippen LogP contribution in [0.5, 0.6) is 0 Å². The van der Waals surface area contributed by atoms with Gasteiger partial charge in [-0.1, -0.05) is 65.8 Å². The van der Waals surface area contributed by atoms with Crippen LogP contribution in [0.3, 0.4) is 0 Å². The highest BCUT2D eigenvalue weighted by Crippen LogP contribution is 2.25.